The summed E-state index contributed by atoms with van der Waals surface area (Å²) in [5, 5.41) is 13.6. The zero-order valence-electron chi connectivity index (χ0n) is 15.4. The molecule has 0 fully saturated rings. The number of esters is 1. The van der Waals surface area contributed by atoms with Crippen LogP contribution in [0.15, 0.2) is 15.2 Å². The molecular weight excluding hydrogens is 404 g/mol. The van der Waals surface area contributed by atoms with Gasteiger partial charge in [0.15, 0.2) is 9.99 Å². The number of nitrogens with one attached hydrogen (secondary N) is 2. The van der Waals surface area contributed by atoms with Crippen molar-refractivity contribution in [3.05, 3.63) is 33.4 Å². The summed E-state index contributed by atoms with van der Waals surface area (Å²) < 4.78 is 6.97. The lowest BCUT2D eigenvalue weighted by Gasteiger charge is -2.10. The van der Waals surface area contributed by atoms with Gasteiger partial charge in [-0.05, 0) is 20.8 Å². The molecule has 3 aromatic heterocycles. The number of aromatic nitrogens is 5. The van der Waals surface area contributed by atoms with E-state index in [4.69, 9.17) is 4.74 Å². The summed E-state index contributed by atoms with van der Waals surface area (Å²) in [5.41, 5.74) is 2.39. The summed E-state index contributed by atoms with van der Waals surface area (Å²) >= 11 is 2.38. The molecule has 0 unspecified atom stereocenters. The lowest BCUT2D eigenvalue weighted by Crippen LogP contribution is -2.17. The van der Waals surface area contributed by atoms with Crippen molar-refractivity contribution in [3.8, 4) is 0 Å². The quantitative estimate of drug-likeness (QED) is 0.331. The van der Waals surface area contributed by atoms with E-state index in [-0.39, 0.29) is 29.6 Å². The molecule has 0 saturated carbocycles. The van der Waals surface area contributed by atoms with E-state index in [1.807, 2.05) is 6.92 Å². The first-order valence-electron chi connectivity index (χ1n) is 8.37. The van der Waals surface area contributed by atoms with Crippen LogP contribution in [0.25, 0.3) is 5.65 Å². The van der Waals surface area contributed by atoms with Crippen LogP contribution >= 0.6 is 23.1 Å². The van der Waals surface area contributed by atoms with Gasteiger partial charge < -0.3 is 10.1 Å². The fourth-order valence-corrected chi connectivity index (χ4v) is 4.14. The Bertz CT molecular complexity index is 1090. The molecule has 0 aliphatic carbocycles. The lowest BCUT2D eigenvalue weighted by atomic mass is 10.1. The maximum absolute atomic E-state index is 12.4. The van der Waals surface area contributed by atoms with Crippen molar-refractivity contribution < 1.29 is 14.3 Å². The minimum atomic E-state index is -0.329. The van der Waals surface area contributed by atoms with Crippen LogP contribution in [-0.2, 0) is 20.7 Å². The summed E-state index contributed by atoms with van der Waals surface area (Å²) in [4.78, 5) is 39.7. The molecule has 3 aromatic rings. The number of aromatic amines is 1. The Morgan fingerprint density at radius 2 is 2.14 bits per heavy atom. The van der Waals surface area contributed by atoms with Crippen LogP contribution in [0, 0.1) is 13.8 Å². The molecule has 0 atom stereocenters. The molecule has 10 nitrogen and oxygen atoms in total. The Morgan fingerprint density at radius 1 is 1.36 bits per heavy atom. The molecule has 0 aliphatic heterocycles. The van der Waals surface area contributed by atoms with Crippen molar-refractivity contribution in [1.82, 2.24) is 24.8 Å². The van der Waals surface area contributed by atoms with Crippen molar-refractivity contribution in [3.63, 3.8) is 0 Å². The average molecular weight is 422 g/mol. The largest absolute Gasteiger partial charge is 0.465 e. The van der Waals surface area contributed by atoms with Crippen molar-refractivity contribution in [2.24, 2.45) is 0 Å². The van der Waals surface area contributed by atoms with Crippen LogP contribution in [0.3, 0.4) is 0 Å². The number of anilines is 1. The van der Waals surface area contributed by atoms with Gasteiger partial charge in [0, 0.05) is 23.0 Å². The van der Waals surface area contributed by atoms with Crippen LogP contribution < -0.4 is 10.9 Å². The van der Waals surface area contributed by atoms with Gasteiger partial charge in [0.2, 0.25) is 11.0 Å². The Morgan fingerprint density at radius 3 is 2.89 bits per heavy atom. The third kappa shape index (κ3) is 4.57. The van der Waals surface area contributed by atoms with E-state index in [1.165, 1.54) is 29.2 Å². The molecule has 3 heterocycles. The van der Waals surface area contributed by atoms with Crippen LogP contribution in [0.2, 0.25) is 0 Å². The van der Waals surface area contributed by atoms with Gasteiger partial charge in [-0.2, -0.15) is 0 Å². The molecular formula is C16H18N6O4S2. The number of fused-ring (bicyclic) bond motifs is 1. The topological polar surface area (TPSA) is 131 Å². The minimum Gasteiger partial charge on any atom is -0.465 e. The molecule has 2 N–H and O–H groups in total. The van der Waals surface area contributed by atoms with Gasteiger partial charge >= 0.3 is 5.97 Å². The van der Waals surface area contributed by atoms with Gasteiger partial charge in [-0.3, -0.25) is 19.5 Å². The Labute approximate surface area is 167 Å². The molecule has 0 spiro atoms. The average Bonchev–Trinajstić information content (AvgIpc) is 3.23. The second kappa shape index (κ2) is 8.52. The fourth-order valence-electron chi connectivity index (χ4n) is 2.58. The number of carbonyl (C=O) groups excluding carboxylic acids is 2. The first-order chi connectivity index (χ1) is 13.4. The van der Waals surface area contributed by atoms with Crippen molar-refractivity contribution in [1.29, 1.82) is 0 Å². The molecule has 148 valence electrons. The molecule has 12 heteroatoms. The Kier molecular flexibility index (Phi) is 6.09. The second-order valence-electron chi connectivity index (χ2n) is 5.77. The third-order valence-electron chi connectivity index (χ3n) is 3.81. The standard InChI is InChI=1S/C16H18N6O4S2/c1-4-26-14(25)7-27-16-20-19-15(28-16)18-12(23)5-10-8(2)17-11-6-13(24)21-22(11)9(10)3/h6H,4-5,7H2,1-3H3,(H,21,24)(H,18,19,23). The maximum atomic E-state index is 12.4. The lowest BCUT2D eigenvalue weighted by molar-refractivity contribution is -0.139. The van der Waals surface area contributed by atoms with Gasteiger partial charge in [0.25, 0.3) is 5.56 Å². The van der Waals surface area contributed by atoms with E-state index in [2.05, 4.69) is 25.6 Å². The number of ether oxygens (including phenoxy) is 1. The van der Waals surface area contributed by atoms with Gasteiger partial charge in [0.05, 0.1) is 18.8 Å². The SMILES string of the molecule is CCOC(=O)CSc1nnc(NC(=O)Cc2c(C)nc3cc(=O)[nH]n3c2C)s1. The zero-order valence-corrected chi connectivity index (χ0v) is 17.1. The summed E-state index contributed by atoms with van der Waals surface area (Å²) in [6.07, 6.45) is 0.0751. The molecule has 0 saturated heterocycles. The number of hydrogen-bond acceptors (Lipinski definition) is 9. The highest BCUT2D eigenvalue weighted by Crippen LogP contribution is 2.25. The van der Waals surface area contributed by atoms with Gasteiger partial charge in [0.1, 0.15) is 0 Å². The number of rotatable bonds is 7. The Balaban J connectivity index is 1.66. The number of H-pyrrole nitrogens is 1. The summed E-state index contributed by atoms with van der Waals surface area (Å²) in [6.45, 7) is 5.68. The fraction of sp³-hybridized carbons (Fsp3) is 0.375. The predicted molar refractivity (Wildman–Crippen MR) is 105 cm³/mol. The van der Waals surface area contributed by atoms with E-state index in [0.717, 1.165) is 11.3 Å². The van der Waals surface area contributed by atoms with Crippen LogP contribution in [0.5, 0.6) is 0 Å². The van der Waals surface area contributed by atoms with Crippen LogP contribution in [0.1, 0.15) is 23.9 Å². The highest BCUT2D eigenvalue weighted by molar-refractivity contribution is 8.01. The third-order valence-corrected chi connectivity index (χ3v) is 5.76. The molecule has 1 amide bonds. The number of nitrogens with zero attached hydrogens (tertiary/aromatic N) is 4. The molecule has 0 radical (unpaired) electrons. The van der Waals surface area contributed by atoms with Crippen molar-refractivity contribution in [2.45, 2.75) is 31.5 Å². The molecule has 0 aliphatic rings. The number of hydrogen-bond donors (Lipinski definition) is 2. The summed E-state index contributed by atoms with van der Waals surface area (Å²) in [5.74, 6) is -0.472. The monoisotopic (exact) mass is 422 g/mol. The minimum absolute atomic E-state index is 0.0751. The van der Waals surface area contributed by atoms with Crippen molar-refractivity contribution in [2.75, 3.05) is 17.7 Å². The molecule has 28 heavy (non-hydrogen) atoms. The number of thioether (sulfide) groups is 1. The van der Waals surface area contributed by atoms with E-state index in [1.54, 1.807) is 18.4 Å². The van der Waals surface area contributed by atoms with Gasteiger partial charge in [-0.15, -0.1) is 10.2 Å². The maximum Gasteiger partial charge on any atom is 0.316 e. The highest BCUT2D eigenvalue weighted by atomic mass is 32.2. The van der Waals surface area contributed by atoms with Gasteiger partial charge in [-0.25, -0.2) is 9.50 Å². The van der Waals surface area contributed by atoms with E-state index >= 15 is 0 Å². The highest BCUT2D eigenvalue weighted by Gasteiger charge is 2.16. The summed E-state index contributed by atoms with van der Waals surface area (Å²) in [7, 11) is 0. The van der Waals surface area contributed by atoms with E-state index in [0.29, 0.717) is 27.4 Å². The van der Waals surface area contributed by atoms with Crippen molar-refractivity contribution >= 4 is 45.8 Å². The summed E-state index contributed by atoms with van der Waals surface area (Å²) in [6, 6.07) is 1.40. The van der Waals surface area contributed by atoms with Crippen LogP contribution in [0.4, 0.5) is 5.13 Å². The molecule has 0 aromatic carbocycles. The first-order valence-corrected chi connectivity index (χ1v) is 10.2. The second-order valence-corrected chi connectivity index (χ2v) is 7.97. The smallest absolute Gasteiger partial charge is 0.316 e. The Hall–Kier alpha value is -2.73. The number of carbonyl (C=O) groups is 2. The normalized spacial score (nSPS) is 11.0. The first kappa shape index (κ1) is 20.0. The van der Waals surface area contributed by atoms with E-state index < -0.39 is 0 Å². The molecule has 0 bridgehead atoms. The van der Waals surface area contributed by atoms with E-state index in [9.17, 15) is 14.4 Å². The number of amides is 1. The number of aryl methyl sites for hydroxylation is 2. The van der Waals surface area contributed by atoms with Crippen LogP contribution in [-0.4, -0.2) is 49.0 Å². The zero-order chi connectivity index (χ0) is 20.3. The molecule has 3 rings (SSSR count). The predicted octanol–water partition coefficient (Wildman–Crippen LogP) is 1.33. The van der Waals surface area contributed by atoms with Gasteiger partial charge in [-0.1, -0.05) is 23.1 Å².